The van der Waals surface area contributed by atoms with Crippen LogP contribution in [0.25, 0.3) is 0 Å². The fourth-order valence-corrected chi connectivity index (χ4v) is 3.33. The standard InChI is InChI=1S/C17H25NO/c1-12-5-6-14(11-18)17(9-12)13-3-2-4-16(10-13)19-15-7-8-15/h2-4,10,12,14-15,17H,5-9,11,18H2,1H3. The summed E-state index contributed by atoms with van der Waals surface area (Å²) in [5.41, 5.74) is 7.40. The van der Waals surface area contributed by atoms with E-state index in [1.807, 2.05) is 0 Å². The third-order valence-corrected chi connectivity index (χ3v) is 4.67. The lowest BCUT2D eigenvalue weighted by Gasteiger charge is -2.34. The Morgan fingerprint density at radius 1 is 1.21 bits per heavy atom. The molecule has 0 aromatic heterocycles. The van der Waals surface area contributed by atoms with Crippen LogP contribution < -0.4 is 10.5 Å². The van der Waals surface area contributed by atoms with Crippen LogP contribution >= 0.6 is 0 Å². The monoisotopic (exact) mass is 259 g/mol. The SMILES string of the molecule is CC1CCC(CN)C(c2cccc(OC3CC3)c2)C1. The molecule has 19 heavy (non-hydrogen) atoms. The molecule has 2 aliphatic carbocycles. The van der Waals surface area contributed by atoms with Crippen molar-refractivity contribution in [1.82, 2.24) is 0 Å². The molecule has 0 radical (unpaired) electrons. The van der Waals surface area contributed by atoms with E-state index < -0.39 is 0 Å². The number of rotatable bonds is 4. The maximum Gasteiger partial charge on any atom is 0.120 e. The number of hydrogen-bond acceptors (Lipinski definition) is 2. The van der Waals surface area contributed by atoms with Gasteiger partial charge in [-0.25, -0.2) is 0 Å². The summed E-state index contributed by atoms with van der Waals surface area (Å²) in [5, 5.41) is 0. The van der Waals surface area contributed by atoms with Gasteiger partial charge in [-0.15, -0.1) is 0 Å². The van der Waals surface area contributed by atoms with Gasteiger partial charge >= 0.3 is 0 Å². The van der Waals surface area contributed by atoms with Crippen LogP contribution in [0.1, 0.15) is 50.5 Å². The van der Waals surface area contributed by atoms with E-state index in [0.717, 1.165) is 18.2 Å². The van der Waals surface area contributed by atoms with Gasteiger partial charge in [-0.3, -0.25) is 0 Å². The zero-order valence-electron chi connectivity index (χ0n) is 11.8. The smallest absolute Gasteiger partial charge is 0.120 e. The Labute approximate surface area is 116 Å². The van der Waals surface area contributed by atoms with Crippen molar-refractivity contribution in [3.63, 3.8) is 0 Å². The van der Waals surface area contributed by atoms with E-state index in [9.17, 15) is 0 Å². The van der Waals surface area contributed by atoms with Crippen molar-refractivity contribution >= 4 is 0 Å². The third kappa shape index (κ3) is 3.11. The lowest BCUT2D eigenvalue weighted by Crippen LogP contribution is -2.28. The molecule has 2 heteroatoms. The number of nitrogens with two attached hydrogens (primary N) is 1. The molecule has 1 aromatic carbocycles. The molecule has 2 nitrogen and oxygen atoms in total. The summed E-state index contributed by atoms with van der Waals surface area (Å²) in [6.45, 7) is 3.18. The summed E-state index contributed by atoms with van der Waals surface area (Å²) in [4.78, 5) is 0. The zero-order chi connectivity index (χ0) is 13.2. The fourth-order valence-electron chi connectivity index (χ4n) is 3.33. The maximum atomic E-state index is 5.97. The molecule has 1 aromatic rings. The van der Waals surface area contributed by atoms with E-state index in [4.69, 9.17) is 10.5 Å². The highest BCUT2D eigenvalue weighted by Crippen LogP contribution is 2.41. The second-order valence-electron chi connectivity index (χ2n) is 6.41. The minimum atomic E-state index is 0.478. The first kappa shape index (κ1) is 13.0. The van der Waals surface area contributed by atoms with Gasteiger partial charge in [0.1, 0.15) is 5.75 Å². The molecule has 2 fully saturated rings. The van der Waals surface area contributed by atoms with Crippen LogP contribution in [-0.4, -0.2) is 12.6 Å². The molecular weight excluding hydrogens is 234 g/mol. The largest absolute Gasteiger partial charge is 0.490 e. The molecule has 3 unspecified atom stereocenters. The lowest BCUT2D eigenvalue weighted by molar-refractivity contribution is 0.252. The van der Waals surface area contributed by atoms with Crippen LogP contribution in [0.4, 0.5) is 0 Å². The van der Waals surface area contributed by atoms with Crippen molar-refractivity contribution in [3.8, 4) is 5.75 Å². The molecule has 0 aliphatic heterocycles. The first-order chi connectivity index (χ1) is 9.26. The molecule has 0 amide bonds. The van der Waals surface area contributed by atoms with Crippen LogP contribution in [0.5, 0.6) is 5.75 Å². The summed E-state index contributed by atoms with van der Waals surface area (Å²) in [6, 6.07) is 8.74. The average molecular weight is 259 g/mol. The first-order valence-corrected chi connectivity index (χ1v) is 7.73. The Hall–Kier alpha value is -1.02. The van der Waals surface area contributed by atoms with Crippen LogP contribution in [-0.2, 0) is 0 Å². The molecule has 104 valence electrons. The van der Waals surface area contributed by atoms with E-state index >= 15 is 0 Å². The van der Waals surface area contributed by atoms with Gasteiger partial charge in [0, 0.05) is 0 Å². The molecule has 2 saturated carbocycles. The summed E-state index contributed by atoms with van der Waals surface area (Å²) >= 11 is 0. The van der Waals surface area contributed by atoms with Crippen LogP contribution in [0.3, 0.4) is 0 Å². The molecule has 2 N–H and O–H groups in total. The molecule has 3 atom stereocenters. The van der Waals surface area contributed by atoms with Crippen LogP contribution in [0, 0.1) is 11.8 Å². The second kappa shape index (κ2) is 5.54. The van der Waals surface area contributed by atoms with Gasteiger partial charge in [0.25, 0.3) is 0 Å². The fraction of sp³-hybridized carbons (Fsp3) is 0.647. The zero-order valence-corrected chi connectivity index (χ0v) is 11.8. The maximum absolute atomic E-state index is 5.97. The van der Waals surface area contributed by atoms with Gasteiger partial charge in [-0.05, 0) is 67.7 Å². The Morgan fingerprint density at radius 2 is 2.05 bits per heavy atom. The quantitative estimate of drug-likeness (QED) is 0.894. The van der Waals surface area contributed by atoms with Gasteiger partial charge in [0.05, 0.1) is 6.10 Å². The topological polar surface area (TPSA) is 35.2 Å². The summed E-state index contributed by atoms with van der Waals surface area (Å²) in [5.74, 6) is 3.14. The third-order valence-electron chi connectivity index (χ3n) is 4.67. The normalized spacial score (nSPS) is 31.2. The molecular formula is C17H25NO. The summed E-state index contributed by atoms with van der Waals surface area (Å²) < 4.78 is 5.92. The Kier molecular flexibility index (Phi) is 3.79. The van der Waals surface area contributed by atoms with Gasteiger partial charge in [0.15, 0.2) is 0 Å². The lowest BCUT2D eigenvalue weighted by atomic mass is 9.71. The predicted octanol–water partition coefficient (Wildman–Crippen LogP) is 3.71. The van der Waals surface area contributed by atoms with Gasteiger partial charge in [-0.1, -0.05) is 25.5 Å². The van der Waals surface area contributed by atoms with Crippen molar-refractivity contribution in [2.45, 2.75) is 51.0 Å². The summed E-state index contributed by atoms with van der Waals surface area (Å²) in [7, 11) is 0. The highest BCUT2D eigenvalue weighted by Gasteiger charge is 2.29. The molecule has 3 rings (SSSR count). The van der Waals surface area contributed by atoms with Crippen molar-refractivity contribution in [2.75, 3.05) is 6.54 Å². The van der Waals surface area contributed by atoms with Crippen molar-refractivity contribution in [3.05, 3.63) is 29.8 Å². The number of benzene rings is 1. The Balaban J connectivity index is 1.78. The first-order valence-electron chi connectivity index (χ1n) is 7.73. The Morgan fingerprint density at radius 3 is 2.79 bits per heavy atom. The summed E-state index contributed by atoms with van der Waals surface area (Å²) in [6.07, 6.45) is 6.79. The van der Waals surface area contributed by atoms with E-state index in [0.29, 0.717) is 17.9 Å². The van der Waals surface area contributed by atoms with Crippen LogP contribution in [0.15, 0.2) is 24.3 Å². The van der Waals surface area contributed by atoms with Crippen LogP contribution in [0.2, 0.25) is 0 Å². The van der Waals surface area contributed by atoms with Gasteiger partial charge in [0.2, 0.25) is 0 Å². The van der Waals surface area contributed by atoms with Crippen molar-refractivity contribution in [1.29, 1.82) is 0 Å². The van der Waals surface area contributed by atoms with Crippen molar-refractivity contribution < 1.29 is 4.74 Å². The van der Waals surface area contributed by atoms with Gasteiger partial charge in [-0.2, -0.15) is 0 Å². The number of hydrogen-bond donors (Lipinski definition) is 1. The minimum absolute atomic E-state index is 0.478. The minimum Gasteiger partial charge on any atom is -0.490 e. The molecule has 0 bridgehead atoms. The highest BCUT2D eigenvalue weighted by atomic mass is 16.5. The molecule has 0 heterocycles. The van der Waals surface area contributed by atoms with E-state index in [2.05, 4.69) is 31.2 Å². The van der Waals surface area contributed by atoms with E-state index in [1.165, 1.54) is 37.7 Å². The molecule has 0 saturated heterocycles. The highest BCUT2D eigenvalue weighted by molar-refractivity contribution is 5.32. The molecule has 2 aliphatic rings. The molecule has 0 spiro atoms. The van der Waals surface area contributed by atoms with Crippen molar-refractivity contribution in [2.24, 2.45) is 17.6 Å². The van der Waals surface area contributed by atoms with E-state index in [-0.39, 0.29) is 0 Å². The predicted molar refractivity (Wildman–Crippen MR) is 78.4 cm³/mol. The van der Waals surface area contributed by atoms with Gasteiger partial charge < -0.3 is 10.5 Å². The second-order valence-corrected chi connectivity index (χ2v) is 6.41. The number of ether oxygens (including phenoxy) is 1. The Bertz CT molecular complexity index is 427. The van der Waals surface area contributed by atoms with E-state index in [1.54, 1.807) is 0 Å². The average Bonchev–Trinajstić information content (AvgIpc) is 3.23.